The van der Waals surface area contributed by atoms with Crippen LogP contribution in [0.3, 0.4) is 0 Å². The van der Waals surface area contributed by atoms with Gasteiger partial charge in [0.05, 0.1) is 0 Å². The van der Waals surface area contributed by atoms with Gasteiger partial charge < -0.3 is 10.3 Å². The van der Waals surface area contributed by atoms with Gasteiger partial charge in [0, 0.05) is 6.54 Å². The van der Waals surface area contributed by atoms with Crippen molar-refractivity contribution in [1.82, 2.24) is 4.98 Å². The molecule has 11 heavy (non-hydrogen) atoms. The number of hydrogen-bond acceptors (Lipinski definition) is 2. The molecule has 0 saturated heterocycles. The van der Waals surface area contributed by atoms with Crippen LogP contribution in [0.25, 0.3) is 0 Å². The maximum atomic E-state index is 5.00. The van der Waals surface area contributed by atoms with Gasteiger partial charge in [0.2, 0.25) is 0 Å². The van der Waals surface area contributed by atoms with Crippen LogP contribution in [0.1, 0.15) is 12.0 Å². The van der Waals surface area contributed by atoms with Crippen LogP contribution in [0.15, 0.2) is 12.1 Å². The number of aromatic amines is 1. The van der Waals surface area contributed by atoms with Crippen molar-refractivity contribution in [1.29, 1.82) is 0 Å². The zero-order valence-electron chi connectivity index (χ0n) is 6.18. The summed E-state index contributed by atoms with van der Waals surface area (Å²) in [7, 11) is 0. The summed E-state index contributed by atoms with van der Waals surface area (Å²) in [5.74, 6) is 1.11. The van der Waals surface area contributed by atoms with Gasteiger partial charge in [0.25, 0.3) is 0 Å². The Morgan fingerprint density at radius 2 is 2.27 bits per heavy atom. The van der Waals surface area contributed by atoms with E-state index in [0.717, 1.165) is 23.4 Å². The first-order chi connectivity index (χ1) is 5.36. The van der Waals surface area contributed by atoms with E-state index in [2.05, 4.69) is 16.4 Å². The van der Waals surface area contributed by atoms with Crippen molar-refractivity contribution in [2.75, 3.05) is 11.9 Å². The molecule has 1 aliphatic rings. The van der Waals surface area contributed by atoms with Gasteiger partial charge in [-0.3, -0.25) is 0 Å². The first-order valence-electron chi connectivity index (χ1n) is 3.82. The maximum Gasteiger partial charge on any atom is 0.107 e. The summed E-state index contributed by atoms with van der Waals surface area (Å²) in [4.78, 5) is 3.13. The molecule has 0 saturated carbocycles. The first-order valence-corrected chi connectivity index (χ1v) is 4.23. The van der Waals surface area contributed by atoms with Gasteiger partial charge in [0.1, 0.15) is 10.5 Å². The molecule has 0 aliphatic carbocycles. The molecule has 0 atom stereocenters. The minimum Gasteiger partial charge on any atom is -0.371 e. The van der Waals surface area contributed by atoms with Crippen LogP contribution in [-0.2, 0) is 6.42 Å². The molecule has 0 aromatic carbocycles. The number of anilines is 1. The summed E-state index contributed by atoms with van der Waals surface area (Å²) >= 11 is 5.00. The molecule has 0 unspecified atom stereocenters. The van der Waals surface area contributed by atoms with E-state index in [-0.39, 0.29) is 0 Å². The average Bonchev–Trinajstić information content (AvgIpc) is 2.04. The predicted molar refractivity (Wildman–Crippen MR) is 48.4 cm³/mol. The Labute approximate surface area is 70.6 Å². The number of aromatic nitrogens is 1. The summed E-state index contributed by atoms with van der Waals surface area (Å²) in [5.41, 5.74) is 1.35. The lowest BCUT2D eigenvalue weighted by molar-refractivity contribution is 0.817. The minimum absolute atomic E-state index is 0.804. The number of pyridine rings is 1. The van der Waals surface area contributed by atoms with Crippen LogP contribution in [0.2, 0.25) is 0 Å². The molecule has 2 nitrogen and oxygen atoms in total. The van der Waals surface area contributed by atoms with Gasteiger partial charge in [-0.15, -0.1) is 0 Å². The van der Waals surface area contributed by atoms with Crippen LogP contribution >= 0.6 is 12.2 Å². The Hall–Kier alpha value is -0.830. The highest BCUT2D eigenvalue weighted by molar-refractivity contribution is 7.71. The van der Waals surface area contributed by atoms with E-state index < -0.39 is 0 Å². The van der Waals surface area contributed by atoms with Crippen molar-refractivity contribution < 1.29 is 0 Å². The van der Waals surface area contributed by atoms with E-state index in [1.807, 2.05) is 6.07 Å². The van der Waals surface area contributed by atoms with Gasteiger partial charge in [0.15, 0.2) is 0 Å². The molecule has 0 amide bonds. The third-order valence-electron chi connectivity index (χ3n) is 1.93. The summed E-state index contributed by atoms with van der Waals surface area (Å²) < 4.78 is 0.804. The fraction of sp³-hybridized carbons (Fsp3) is 0.375. The van der Waals surface area contributed by atoms with Crippen molar-refractivity contribution in [3.05, 3.63) is 22.3 Å². The second kappa shape index (κ2) is 2.66. The summed E-state index contributed by atoms with van der Waals surface area (Å²) in [6, 6.07) is 4.04. The van der Waals surface area contributed by atoms with E-state index in [1.54, 1.807) is 0 Å². The molecule has 1 aromatic rings. The summed E-state index contributed by atoms with van der Waals surface area (Å²) in [6.07, 6.45) is 2.38. The number of rotatable bonds is 0. The Balaban J connectivity index is 2.51. The molecule has 0 bridgehead atoms. The van der Waals surface area contributed by atoms with Crippen LogP contribution in [0.5, 0.6) is 0 Å². The first kappa shape index (κ1) is 6.85. The molecule has 2 N–H and O–H groups in total. The van der Waals surface area contributed by atoms with Crippen molar-refractivity contribution in [3.8, 4) is 0 Å². The monoisotopic (exact) mass is 166 g/mol. The van der Waals surface area contributed by atoms with Crippen LogP contribution in [0, 0.1) is 4.64 Å². The molecule has 2 rings (SSSR count). The topological polar surface area (TPSA) is 27.8 Å². The highest BCUT2D eigenvalue weighted by atomic mass is 32.1. The quantitative estimate of drug-likeness (QED) is 0.578. The third-order valence-corrected chi connectivity index (χ3v) is 2.17. The van der Waals surface area contributed by atoms with Gasteiger partial charge in [-0.25, -0.2) is 0 Å². The van der Waals surface area contributed by atoms with E-state index >= 15 is 0 Å². The Bertz CT molecular complexity index is 316. The highest BCUT2D eigenvalue weighted by Crippen LogP contribution is 2.17. The standard InChI is InChI=1S/C8H10N2S/c11-7-4-3-6-2-1-5-9-8(6)10-7/h3-4H,1-2,5H2,(H2,9,10,11). The lowest BCUT2D eigenvalue weighted by Gasteiger charge is -2.16. The second-order valence-corrected chi connectivity index (χ2v) is 3.19. The Kier molecular flexibility index (Phi) is 1.66. The average molecular weight is 166 g/mol. The smallest absolute Gasteiger partial charge is 0.107 e. The van der Waals surface area contributed by atoms with Crippen molar-refractivity contribution >= 4 is 18.0 Å². The SMILES string of the molecule is S=c1ccc2c([nH]1)NCCC2. The molecule has 58 valence electrons. The van der Waals surface area contributed by atoms with Gasteiger partial charge >= 0.3 is 0 Å². The Morgan fingerprint density at radius 3 is 3.18 bits per heavy atom. The third kappa shape index (κ3) is 1.28. The van der Waals surface area contributed by atoms with E-state index in [4.69, 9.17) is 12.2 Å². The molecule has 2 heterocycles. The van der Waals surface area contributed by atoms with Crippen LogP contribution in [-0.4, -0.2) is 11.5 Å². The fourth-order valence-corrected chi connectivity index (χ4v) is 1.53. The van der Waals surface area contributed by atoms with Crippen molar-refractivity contribution in [2.45, 2.75) is 12.8 Å². The van der Waals surface area contributed by atoms with Crippen LogP contribution < -0.4 is 5.32 Å². The molecule has 1 aliphatic heterocycles. The van der Waals surface area contributed by atoms with E-state index in [9.17, 15) is 0 Å². The molecule has 1 aromatic heterocycles. The van der Waals surface area contributed by atoms with Gasteiger partial charge in [-0.05, 0) is 24.5 Å². The second-order valence-electron chi connectivity index (χ2n) is 2.75. The summed E-state index contributed by atoms with van der Waals surface area (Å²) in [6.45, 7) is 1.06. The molecule has 0 spiro atoms. The maximum absolute atomic E-state index is 5.00. The zero-order valence-corrected chi connectivity index (χ0v) is 7.00. The minimum atomic E-state index is 0.804. The fourth-order valence-electron chi connectivity index (χ4n) is 1.36. The van der Waals surface area contributed by atoms with Gasteiger partial charge in [-0.1, -0.05) is 18.3 Å². The normalized spacial score (nSPS) is 15.3. The highest BCUT2D eigenvalue weighted by Gasteiger charge is 2.06. The molecule has 0 fully saturated rings. The number of nitrogens with one attached hydrogen (secondary N) is 2. The predicted octanol–water partition coefficient (Wildman–Crippen LogP) is 2.10. The van der Waals surface area contributed by atoms with E-state index in [0.29, 0.717) is 0 Å². The zero-order chi connectivity index (χ0) is 7.68. The summed E-state index contributed by atoms with van der Waals surface area (Å²) in [5, 5.41) is 3.28. The lowest BCUT2D eigenvalue weighted by Crippen LogP contribution is -2.12. The van der Waals surface area contributed by atoms with E-state index in [1.165, 1.54) is 12.0 Å². The largest absolute Gasteiger partial charge is 0.371 e. The van der Waals surface area contributed by atoms with Crippen molar-refractivity contribution in [2.24, 2.45) is 0 Å². The Morgan fingerprint density at radius 1 is 1.36 bits per heavy atom. The molecule has 3 heteroatoms. The number of fused-ring (bicyclic) bond motifs is 1. The lowest BCUT2D eigenvalue weighted by atomic mass is 10.1. The van der Waals surface area contributed by atoms with Gasteiger partial charge in [-0.2, -0.15) is 0 Å². The molecular weight excluding hydrogens is 156 g/mol. The number of aryl methyl sites for hydroxylation is 1. The van der Waals surface area contributed by atoms with Crippen molar-refractivity contribution in [3.63, 3.8) is 0 Å². The molecule has 0 radical (unpaired) electrons. The molecular formula is C8H10N2S. The number of H-pyrrole nitrogens is 1. The van der Waals surface area contributed by atoms with Crippen LogP contribution in [0.4, 0.5) is 5.82 Å². The number of hydrogen-bond donors (Lipinski definition) is 2.